The Morgan fingerprint density at radius 1 is 1.14 bits per heavy atom. The second kappa shape index (κ2) is 9.89. The van der Waals surface area contributed by atoms with Gasteiger partial charge in [-0.25, -0.2) is 0 Å². The Balaban J connectivity index is 1.52. The molecule has 0 fully saturated rings. The van der Waals surface area contributed by atoms with Crippen molar-refractivity contribution in [2.24, 2.45) is 0 Å². The molecule has 0 bridgehead atoms. The smallest absolute Gasteiger partial charge is 0.252 e. The highest BCUT2D eigenvalue weighted by molar-refractivity contribution is 7.99. The Kier molecular flexibility index (Phi) is 7.29. The number of ketones is 1. The van der Waals surface area contributed by atoms with Crippen LogP contribution in [0.1, 0.15) is 53.0 Å². The highest BCUT2D eigenvalue weighted by Crippen LogP contribution is 2.32. The molecule has 28 heavy (non-hydrogen) atoms. The molecule has 0 radical (unpaired) electrons. The van der Waals surface area contributed by atoms with E-state index >= 15 is 0 Å². The molecule has 2 aromatic rings. The van der Waals surface area contributed by atoms with E-state index in [1.54, 1.807) is 17.8 Å². The fourth-order valence-electron chi connectivity index (χ4n) is 3.39. The second-order valence-electron chi connectivity index (χ2n) is 7.36. The van der Waals surface area contributed by atoms with E-state index in [9.17, 15) is 9.59 Å². The maximum absolute atomic E-state index is 12.6. The molecule has 1 aliphatic heterocycles. The molecule has 1 aliphatic rings. The van der Waals surface area contributed by atoms with E-state index in [0.29, 0.717) is 30.1 Å². The van der Waals surface area contributed by atoms with Crippen LogP contribution in [0.15, 0.2) is 53.4 Å². The molecular formula is C23H28N2O2S. The normalized spacial score (nSPS) is 13.6. The van der Waals surface area contributed by atoms with Crippen LogP contribution >= 0.6 is 11.8 Å². The molecule has 2 aromatic carbocycles. The second-order valence-corrected chi connectivity index (χ2v) is 8.47. The Morgan fingerprint density at radius 3 is 2.68 bits per heavy atom. The summed E-state index contributed by atoms with van der Waals surface area (Å²) in [6, 6.07) is 16.3. The topological polar surface area (TPSA) is 49.4 Å². The van der Waals surface area contributed by atoms with E-state index in [4.69, 9.17) is 0 Å². The molecule has 5 heteroatoms. The van der Waals surface area contributed by atoms with Gasteiger partial charge in [0.05, 0.1) is 5.56 Å². The van der Waals surface area contributed by atoms with Crippen molar-refractivity contribution in [3.8, 4) is 0 Å². The fourth-order valence-corrected chi connectivity index (χ4v) is 4.53. The van der Waals surface area contributed by atoms with Crippen molar-refractivity contribution in [1.82, 2.24) is 10.2 Å². The largest absolute Gasteiger partial charge is 0.352 e. The van der Waals surface area contributed by atoms with Crippen LogP contribution < -0.4 is 5.32 Å². The zero-order chi connectivity index (χ0) is 19.9. The maximum atomic E-state index is 12.6. The number of rotatable bonds is 8. The number of hydrogen-bond donors (Lipinski definition) is 1. The highest BCUT2D eigenvalue weighted by atomic mass is 32.2. The van der Waals surface area contributed by atoms with Crippen LogP contribution in [0.4, 0.5) is 0 Å². The molecule has 0 aliphatic carbocycles. The number of nitrogens with one attached hydrogen (secondary N) is 1. The minimum absolute atomic E-state index is 0.0850. The lowest BCUT2D eigenvalue weighted by molar-refractivity contribution is 0.0947. The predicted molar refractivity (Wildman–Crippen MR) is 115 cm³/mol. The predicted octanol–water partition coefficient (Wildman–Crippen LogP) is 4.40. The third-order valence-corrected chi connectivity index (χ3v) is 6.14. The lowest BCUT2D eigenvalue weighted by Gasteiger charge is -2.26. The maximum Gasteiger partial charge on any atom is 0.252 e. The number of hydrogen-bond acceptors (Lipinski definition) is 4. The van der Waals surface area contributed by atoms with Gasteiger partial charge in [0.15, 0.2) is 5.78 Å². The van der Waals surface area contributed by atoms with Crippen molar-refractivity contribution >= 4 is 23.5 Å². The van der Waals surface area contributed by atoms with Crippen LogP contribution in [0.3, 0.4) is 0 Å². The fraction of sp³-hybridized carbons (Fsp3) is 0.391. The molecule has 1 heterocycles. The number of Topliss-reactive ketones (excluding diaryl/α,β-unsaturated/α-hetero) is 1. The first-order valence-corrected chi connectivity index (χ1v) is 10.9. The Morgan fingerprint density at radius 2 is 1.93 bits per heavy atom. The summed E-state index contributed by atoms with van der Waals surface area (Å²) in [7, 11) is 0. The third kappa shape index (κ3) is 5.24. The number of thioether (sulfide) groups is 1. The molecule has 148 valence electrons. The van der Waals surface area contributed by atoms with Crippen molar-refractivity contribution in [3.05, 3.63) is 65.2 Å². The molecule has 0 saturated carbocycles. The number of fused-ring (bicyclic) bond motifs is 1. The summed E-state index contributed by atoms with van der Waals surface area (Å²) in [5.74, 6) is 0.800. The van der Waals surface area contributed by atoms with Crippen LogP contribution in [-0.4, -0.2) is 41.5 Å². The molecule has 3 rings (SSSR count). The van der Waals surface area contributed by atoms with Gasteiger partial charge in [0.2, 0.25) is 0 Å². The lowest BCUT2D eigenvalue weighted by Crippen LogP contribution is -2.34. The van der Waals surface area contributed by atoms with Crippen molar-refractivity contribution < 1.29 is 9.59 Å². The van der Waals surface area contributed by atoms with Crippen molar-refractivity contribution in [3.63, 3.8) is 0 Å². The van der Waals surface area contributed by atoms with Gasteiger partial charge in [-0.2, -0.15) is 0 Å². The molecule has 0 saturated heterocycles. The number of benzene rings is 2. The Bertz CT molecular complexity index is 821. The van der Waals surface area contributed by atoms with Gasteiger partial charge in [0, 0.05) is 48.3 Å². The summed E-state index contributed by atoms with van der Waals surface area (Å²) in [5, 5.41) is 3.03. The van der Waals surface area contributed by atoms with E-state index in [1.165, 1.54) is 5.56 Å². The standard InChI is InChI=1S/C23H28N2O2S/c1-17(2)25(16-18-8-4-3-5-9-18)14-7-13-24-23(27)20-11-6-10-19-21(26)12-15-28-22(19)20/h3-6,8-11,17H,7,12-16H2,1-2H3,(H,24,27). The number of amides is 1. The molecule has 0 unspecified atom stereocenters. The van der Waals surface area contributed by atoms with E-state index in [-0.39, 0.29) is 11.7 Å². The van der Waals surface area contributed by atoms with Crippen LogP contribution in [0.5, 0.6) is 0 Å². The SMILES string of the molecule is CC(C)N(CCCNC(=O)c1cccc2c1SCCC2=O)Cc1ccccc1. The van der Waals surface area contributed by atoms with Gasteiger partial charge in [-0.1, -0.05) is 42.5 Å². The summed E-state index contributed by atoms with van der Waals surface area (Å²) in [5.41, 5.74) is 2.62. The number of carbonyl (C=O) groups excluding carboxylic acids is 2. The molecular weight excluding hydrogens is 368 g/mol. The van der Waals surface area contributed by atoms with Gasteiger partial charge in [-0.3, -0.25) is 14.5 Å². The van der Waals surface area contributed by atoms with Crippen LogP contribution in [-0.2, 0) is 6.54 Å². The molecule has 4 nitrogen and oxygen atoms in total. The summed E-state index contributed by atoms with van der Waals surface area (Å²) < 4.78 is 0. The summed E-state index contributed by atoms with van der Waals surface area (Å²) in [4.78, 5) is 28.0. The van der Waals surface area contributed by atoms with Gasteiger partial charge in [0.25, 0.3) is 5.91 Å². The van der Waals surface area contributed by atoms with Gasteiger partial charge >= 0.3 is 0 Å². The van der Waals surface area contributed by atoms with Gasteiger partial charge < -0.3 is 5.32 Å². The first-order chi connectivity index (χ1) is 13.6. The molecule has 0 aromatic heterocycles. The number of carbonyl (C=O) groups is 2. The quantitative estimate of drug-likeness (QED) is 0.672. The monoisotopic (exact) mass is 396 g/mol. The van der Waals surface area contributed by atoms with Gasteiger partial charge in [-0.15, -0.1) is 11.8 Å². The third-order valence-electron chi connectivity index (χ3n) is 5.00. The Hall–Kier alpha value is -2.11. The van der Waals surface area contributed by atoms with Gasteiger partial charge in [-0.05, 0) is 31.9 Å². The Labute approximate surface area is 171 Å². The molecule has 1 N–H and O–H groups in total. The summed E-state index contributed by atoms with van der Waals surface area (Å²) in [6.45, 7) is 6.86. The van der Waals surface area contributed by atoms with Crippen molar-refractivity contribution in [1.29, 1.82) is 0 Å². The first kappa shape index (κ1) is 20.6. The zero-order valence-corrected chi connectivity index (χ0v) is 17.4. The average Bonchev–Trinajstić information content (AvgIpc) is 2.70. The van der Waals surface area contributed by atoms with Crippen LogP contribution in [0.2, 0.25) is 0 Å². The molecule has 0 spiro atoms. The van der Waals surface area contributed by atoms with E-state index in [0.717, 1.165) is 30.2 Å². The zero-order valence-electron chi connectivity index (χ0n) is 16.6. The van der Waals surface area contributed by atoms with Crippen LogP contribution in [0, 0.1) is 0 Å². The summed E-state index contributed by atoms with van der Waals surface area (Å²) >= 11 is 1.61. The van der Waals surface area contributed by atoms with Crippen molar-refractivity contribution in [2.75, 3.05) is 18.8 Å². The highest BCUT2D eigenvalue weighted by Gasteiger charge is 2.23. The first-order valence-electron chi connectivity index (χ1n) is 9.91. The van der Waals surface area contributed by atoms with Crippen LogP contribution in [0.25, 0.3) is 0 Å². The molecule has 1 amide bonds. The molecule has 0 atom stereocenters. The lowest BCUT2D eigenvalue weighted by atomic mass is 10.0. The van der Waals surface area contributed by atoms with E-state index in [2.05, 4.69) is 48.3 Å². The van der Waals surface area contributed by atoms with E-state index < -0.39 is 0 Å². The van der Waals surface area contributed by atoms with E-state index in [1.807, 2.05) is 18.2 Å². The minimum Gasteiger partial charge on any atom is -0.352 e. The average molecular weight is 397 g/mol. The van der Waals surface area contributed by atoms with Crippen molar-refractivity contribution in [2.45, 2.75) is 44.2 Å². The van der Waals surface area contributed by atoms with Gasteiger partial charge in [0.1, 0.15) is 0 Å². The minimum atomic E-state index is -0.0850. The summed E-state index contributed by atoms with van der Waals surface area (Å²) in [6.07, 6.45) is 1.44. The number of nitrogens with zero attached hydrogens (tertiary/aromatic N) is 1.